The van der Waals surface area contributed by atoms with E-state index in [-0.39, 0.29) is 5.88 Å². The standard InChI is InChI=1S/C34H44N2O3/c1-4-6-7-8-9-12-15-28-16-18-30(19-17-28)34(37)39-33-26-35-32(25-36-33)29-20-22-31(23-21-29)38-24-13-10-11-14-27(3)5-2/h4,16-23,25-27H,1,5-15,24H2,2-3H3/t27-/m0/s1. The lowest BCUT2D eigenvalue weighted by atomic mass is 10.0. The van der Waals surface area contributed by atoms with Crippen molar-refractivity contribution < 1.29 is 14.3 Å². The van der Waals surface area contributed by atoms with Crippen LogP contribution in [0.2, 0.25) is 0 Å². The van der Waals surface area contributed by atoms with Gasteiger partial charge < -0.3 is 9.47 Å². The molecule has 0 saturated heterocycles. The van der Waals surface area contributed by atoms with Gasteiger partial charge in [0.2, 0.25) is 5.88 Å². The Labute approximate surface area is 234 Å². The molecule has 0 saturated carbocycles. The minimum atomic E-state index is -0.436. The lowest BCUT2D eigenvalue weighted by Crippen LogP contribution is -2.09. The molecule has 39 heavy (non-hydrogen) atoms. The summed E-state index contributed by atoms with van der Waals surface area (Å²) in [5.74, 6) is 1.42. The molecule has 0 unspecified atom stereocenters. The Kier molecular flexibility index (Phi) is 13.3. The lowest BCUT2D eigenvalue weighted by molar-refractivity contribution is 0.0727. The summed E-state index contributed by atoms with van der Waals surface area (Å²) in [6, 6.07) is 15.5. The number of hydrogen-bond donors (Lipinski definition) is 0. The van der Waals surface area contributed by atoms with E-state index in [1.165, 1.54) is 56.7 Å². The molecule has 0 bridgehead atoms. The molecular formula is C34H44N2O3. The van der Waals surface area contributed by atoms with Gasteiger partial charge >= 0.3 is 5.97 Å². The molecule has 1 heterocycles. The van der Waals surface area contributed by atoms with E-state index >= 15 is 0 Å². The maximum Gasteiger partial charge on any atom is 0.344 e. The smallest absolute Gasteiger partial charge is 0.344 e. The summed E-state index contributed by atoms with van der Waals surface area (Å²) in [5, 5.41) is 0. The summed E-state index contributed by atoms with van der Waals surface area (Å²) in [4.78, 5) is 21.3. The van der Waals surface area contributed by atoms with E-state index in [1.54, 1.807) is 6.20 Å². The Morgan fingerprint density at radius 2 is 1.64 bits per heavy atom. The molecule has 5 heteroatoms. The minimum absolute atomic E-state index is 0.181. The van der Waals surface area contributed by atoms with E-state index in [2.05, 4.69) is 30.4 Å². The predicted molar refractivity (Wildman–Crippen MR) is 159 cm³/mol. The number of unbranched alkanes of at least 4 members (excludes halogenated alkanes) is 6. The van der Waals surface area contributed by atoms with Crippen molar-refractivity contribution >= 4 is 5.97 Å². The van der Waals surface area contributed by atoms with E-state index in [1.807, 2.05) is 54.6 Å². The van der Waals surface area contributed by atoms with E-state index in [0.29, 0.717) is 11.3 Å². The van der Waals surface area contributed by atoms with Gasteiger partial charge in [0.05, 0.1) is 30.3 Å². The number of nitrogens with zero attached hydrogens (tertiary/aromatic N) is 2. The second-order valence-corrected chi connectivity index (χ2v) is 10.3. The van der Waals surface area contributed by atoms with Crippen LogP contribution in [0.3, 0.4) is 0 Å². The largest absolute Gasteiger partial charge is 0.494 e. The number of aromatic nitrogens is 2. The normalized spacial score (nSPS) is 11.6. The van der Waals surface area contributed by atoms with Crippen LogP contribution in [0.1, 0.15) is 94.0 Å². The third-order valence-corrected chi connectivity index (χ3v) is 7.10. The first-order valence-electron chi connectivity index (χ1n) is 14.6. The zero-order chi connectivity index (χ0) is 27.7. The molecule has 2 aromatic carbocycles. The minimum Gasteiger partial charge on any atom is -0.494 e. The molecule has 1 aromatic heterocycles. The maximum absolute atomic E-state index is 12.6. The third-order valence-electron chi connectivity index (χ3n) is 7.10. The Balaban J connectivity index is 1.40. The van der Waals surface area contributed by atoms with Crippen LogP contribution in [0.25, 0.3) is 11.3 Å². The molecule has 208 valence electrons. The molecule has 3 aromatic rings. The number of allylic oxidation sites excluding steroid dienone is 1. The van der Waals surface area contributed by atoms with Gasteiger partial charge in [0.15, 0.2) is 0 Å². The molecule has 0 aliphatic carbocycles. The summed E-state index contributed by atoms with van der Waals surface area (Å²) in [6.45, 7) is 9.07. The average Bonchev–Trinajstić information content (AvgIpc) is 2.97. The Bertz CT molecular complexity index is 1110. The Hall–Kier alpha value is -3.47. The second-order valence-electron chi connectivity index (χ2n) is 10.3. The van der Waals surface area contributed by atoms with Gasteiger partial charge in [0.1, 0.15) is 5.75 Å². The van der Waals surface area contributed by atoms with Gasteiger partial charge in [0.25, 0.3) is 0 Å². The van der Waals surface area contributed by atoms with Crippen molar-refractivity contribution in [1.82, 2.24) is 9.97 Å². The quantitative estimate of drug-likeness (QED) is 0.0936. The highest BCUT2D eigenvalue weighted by Crippen LogP contribution is 2.22. The lowest BCUT2D eigenvalue weighted by Gasteiger charge is -2.09. The first-order chi connectivity index (χ1) is 19.1. The number of rotatable bonds is 18. The van der Waals surface area contributed by atoms with Crippen LogP contribution in [-0.2, 0) is 6.42 Å². The molecule has 0 fully saturated rings. The first-order valence-corrected chi connectivity index (χ1v) is 14.6. The fourth-order valence-corrected chi connectivity index (χ4v) is 4.34. The average molecular weight is 529 g/mol. The maximum atomic E-state index is 12.6. The van der Waals surface area contributed by atoms with Gasteiger partial charge in [-0.05, 0) is 80.0 Å². The zero-order valence-electron chi connectivity index (χ0n) is 23.7. The molecule has 1 atom stereocenters. The van der Waals surface area contributed by atoms with E-state index in [9.17, 15) is 4.79 Å². The monoisotopic (exact) mass is 528 g/mol. The van der Waals surface area contributed by atoms with Gasteiger partial charge in [-0.2, -0.15) is 0 Å². The van der Waals surface area contributed by atoms with Gasteiger partial charge in [-0.25, -0.2) is 14.8 Å². The molecule has 0 aliphatic heterocycles. The first kappa shape index (κ1) is 30.1. The van der Waals surface area contributed by atoms with Crippen LogP contribution < -0.4 is 9.47 Å². The van der Waals surface area contributed by atoms with Crippen LogP contribution in [0.4, 0.5) is 0 Å². The summed E-state index contributed by atoms with van der Waals surface area (Å²) in [5.41, 5.74) is 3.37. The summed E-state index contributed by atoms with van der Waals surface area (Å²) in [6.07, 6.45) is 18.1. The van der Waals surface area contributed by atoms with Crippen molar-refractivity contribution in [2.45, 2.75) is 84.5 Å². The van der Waals surface area contributed by atoms with Crippen molar-refractivity contribution in [2.24, 2.45) is 5.92 Å². The van der Waals surface area contributed by atoms with E-state index in [0.717, 1.165) is 49.5 Å². The molecule has 0 amide bonds. The molecule has 0 N–H and O–H groups in total. The summed E-state index contributed by atoms with van der Waals surface area (Å²) < 4.78 is 11.3. The fraction of sp³-hybridized carbons (Fsp3) is 0.441. The van der Waals surface area contributed by atoms with Crippen molar-refractivity contribution in [3.8, 4) is 22.9 Å². The van der Waals surface area contributed by atoms with E-state index in [4.69, 9.17) is 9.47 Å². The number of carbonyl (C=O) groups excluding carboxylic acids is 1. The molecular weight excluding hydrogens is 484 g/mol. The topological polar surface area (TPSA) is 61.3 Å². The third kappa shape index (κ3) is 11.0. The number of carbonyl (C=O) groups is 1. The van der Waals surface area contributed by atoms with Crippen LogP contribution in [0.15, 0.2) is 73.6 Å². The second kappa shape index (κ2) is 17.2. The number of esters is 1. The van der Waals surface area contributed by atoms with Gasteiger partial charge in [0, 0.05) is 5.56 Å². The highest BCUT2D eigenvalue weighted by molar-refractivity contribution is 5.90. The number of hydrogen-bond acceptors (Lipinski definition) is 5. The molecule has 3 rings (SSSR count). The van der Waals surface area contributed by atoms with Crippen LogP contribution >= 0.6 is 0 Å². The summed E-state index contributed by atoms with van der Waals surface area (Å²) >= 11 is 0. The highest BCUT2D eigenvalue weighted by Gasteiger charge is 2.11. The zero-order valence-corrected chi connectivity index (χ0v) is 23.7. The van der Waals surface area contributed by atoms with Gasteiger partial charge in [-0.15, -0.1) is 6.58 Å². The SMILES string of the molecule is C=CCCCCCCc1ccc(C(=O)Oc2cnc(-c3ccc(OCCCCC[C@@H](C)CC)cc3)cn2)cc1. The predicted octanol–water partition coefficient (Wildman–Crippen LogP) is 9.03. The molecule has 0 aliphatic rings. The van der Waals surface area contributed by atoms with Crippen LogP contribution in [0, 0.1) is 5.92 Å². The van der Waals surface area contributed by atoms with Crippen molar-refractivity contribution in [2.75, 3.05) is 6.61 Å². The Morgan fingerprint density at radius 1 is 0.897 bits per heavy atom. The number of benzene rings is 2. The van der Waals surface area contributed by atoms with Crippen LogP contribution in [0.5, 0.6) is 11.6 Å². The van der Waals surface area contributed by atoms with Crippen molar-refractivity contribution in [3.63, 3.8) is 0 Å². The van der Waals surface area contributed by atoms with E-state index < -0.39 is 5.97 Å². The Morgan fingerprint density at radius 3 is 2.33 bits per heavy atom. The van der Waals surface area contributed by atoms with Crippen molar-refractivity contribution in [1.29, 1.82) is 0 Å². The fourth-order valence-electron chi connectivity index (χ4n) is 4.34. The number of aryl methyl sites for hydroxylation is 1. The van der Waals surface area contributed by atoms with Crippen LogP contribution in [-0.4, -0.2) is 22.5 Å². The van der Waals surface area contributed by atoms with Gasteiger partial charge in [-0.1, -0.05) is 70.6 Å². The van der Waals surface area contributed by atoms with Crippen molar-refractivity contribution in [3.05, 3.63) is 84.7 Å². The molecule has 0 spiro atoms. The molecule has 0 radical (unpaired) electrons. The van der Waals surface area contributed by atoms with Gasteiger partial charge in [-0.3, -0.25) is 0 Å². The summed E-state index contributed by atoms with van der Waals surface area (Å²) in [7, 11) is 0. The molecule has 5 nitrogen and oxygen atoms in total. The number of ether oxygens (including phenoxy) is 2. The highest BCUT2D eigenvalue weighted by atomic mass is 16.5.